The summed E-state index contributed by atoms with van der Waals surface area (Å²) in [6.07, 6.45) is 6.98. The number of aliphatic imine (C=N–C) groups is 1. The van der Waals surface area contributed by atoms with Crippen molar-refractivity contribution in [3.05, 3.63) is 45.4 Å². The Bertz CT molecular complexity index is 1180. The number of thioether (sulfide) groups is 1. The minimum Gasteiger partial charge on any atom is -0.309 e. The lowest BCUT2D eigenvalue weighted by atomic mass is 10.2. The molecule has 160 valence electrons. The molecule has 1 saturated heterocycles. The number of carbonyl (C=O) groups is 2. The van der Waals surface area contributed by atoms with E-state index in [1.807, 2.05) is 32.3 Å². The van der Waals surface area contributed by atoms with Gasteiger partial charge < -0.3 is 10.2 Å². The summed E-state index contributed by atoms with van der Waals surface area (Å²) >= 11 is 2.72. The normalized spacial score (nSPS) is 16.7. The summed E-state index contributed by atoms with van der Waals surface area (Å²) in [7, 11) is 3.99. The molecule has 0 saturated carbocycles. The number of amides is 1. The maximum absolute atomic E-state index is 12.3. The third-order valence-corrected chi connectivity index (χ3v) is 6.42. The Labute approximate surface area is 187 Å². The maximum Gasteiger partial charge on any atom is 0.264 e. The molecule has 0 spiro atoms. The molecule has 0 aliphatic carbocycles. The Morgan fingerprint density at radius 3 is 3.00 bits per heavy atom. The summed E-state index contributed by atoms with van der Waals surface area (Å²) in [6.45, 7) is 0.896. The summed E-state index contributed by atoms with van der Waals surface area (Å²) in [5, 5.41) is 12.0. The van der Waals surface area contributed by atoms with Gasteiger partial charge in [0.15, 0.2) is 5.17 Å². The average Bonchev–Trinajstić information content (AvgIpc) is 3.43. The molecule has 2 N–H and O–H groups in total. The van der Waals surface area contributed by atoms with Crippen LogP contribution in [0.4, 0.5) is 5.69 Å². The zero-order valence-corrected chi connectivity index (χ0v) is 18.8. The van der Waals surface area contributed by atoms with Gasteiger partial charge in [-0.25, -0.2) is 9.98 Å². The molecule has 3 heterocycles. The van der Waals surface area contributed by atoms with Gasteiger partial charge in [-0.3, -0.25) is 14.7 Å². The first kappa shape index (κ1) is 21.4. The van der Waals surface area contributed by atoms with E-state index in [0.29, 0.717) is 22.9 Å². The number of fused-ring (bicyclic) bond motifs is 1. The molecule has 1 aromatic carbocycles. The first-order valence-electron chi connectivity index (χ1n) is 9.80. The number of aromatic nitrogens is 3. The van der Waals surface area contributed by atoms with Crippen LogP contribution < -0.4 is 5.32 Å². The van der Waals surface area contributed by atoms with Crippen molar-refractivity contribution in [2.45, 2.75) is 19.3 Å². The second-order valence-electron chi connectivity index (χ2n) is 7.40. The highest BCUT2D eigenvalue weighted by Gasteiger charge is 2.24. The topological polar surface area (TPSA) is 103 Å². The van der Waals surface area contributed by atoms with Crippen LogP contribution >= 0.6 is 23.1 Å². The van der Waals surface area contributed by atoms with E-state index in [4.69, 9.17) is 0 Å². The van der Waals surface area contributed by atoms with Gasteiger partial charge in [-0.1, -0.05) is 0 Å². The Hall–Kier alpha value is -2.82. The summed E-state index contributed by atoms with van der Waals surface area (Å²) in [5.41, 5.74) is 1.62. The van der Waals surface area contributed by atoms with E-state index >= 15 is 0 Å². The fourth-order valence-electron chi connectivity index (χ4n) is 3.04. The van der Waals surface area contributed by atoms with E-state index in [2.05, 4.69) is 30.4 Å². The van der Waals surface area contributed by atoms with Crippen LogP contribution in [0.25, 0.3) is 17.0 Å². The van der Waals surface area contributed by atoms with Crippen LogP contribution in [-0.4, -0.2) is 57.6 Å². The van der Waals surface area contributed by atoms with Crippen LogP contribution in [0.5, 0.6) is 0 Å². The number of benzene rings is 1. The zero-order valence-electron chi connectivity index (χ0n) is 17.2. The predicted octanol–water partition coefficient (Wildman–Crippen LogP) is 3.36. The van der Waals surface area contributed by atoms with Crippen LogP contribution in [0.1, 0.15) is 22.7 Å². The number of hydrogen-bond acceptors (Lipinski definition) is 8. The van der Waals surface area contributed by atoms with Crippen molar-refractivity contribution >= 4 is 62.6 Å². The number of H-pyrrole nitrogens is 1. The number of aromatic amines is 1. The monoisotopic (exact) mass is 454 g/mol. The molecule has 1 aliphatic rings. The number of rotatable bonds is 8. The van der Waals surface area contributed by atoms with Crippen LogP contribution in [0.3, 0.4) is 0 Å². The van der Waals surface area contributed by atoms with Gasteiger partial charge in [-0.05, 0) is 63.1 Å². The summed E-state index contributed by atoms with van der Waals surface area (Å²) < 4.78 is 0. The molecule has 4 rings (SSSR count). The van der Waals surface area contributed by atoms with Gasteiger partial charge in [-0.15, -0.1) is 11.3 Å². The first-order chi connectivity index (χ1) is 15.0. The lowest BCUT2D eigenvalue weighted by Gasteiger charge is -2.07. The molecule has 0 bridgehead atoms. The first-order valence-corrected chi connectivity index (χ1v) is 11.4. The molecular weight excluding hydrogens is 432 g/mol. The SMILES string of the molecule is CN(C)CCCC(=O)Cc1ncc(/C=C2\SC(=Nc3ccc4cn[nH]c4c3)NC2=O)s1. The third kappa shape index (κ3) is 5.66. The minimum absolute atomic E-state index is 0.187. The number of amidine groups is 1. The standard InChI is InChI=1S/C21H22N6O2S2/c1-27(2)7-3-4-15(28)9-19-22-12-16(30-19)10-18-20(29)25-21(31-18)24-14-6-5-13-11-23-26-17(13)8-14/h5-6,8,10-12H,3-4,7,9H2,1-2H3,(H,23,26)(H,24,25,29)/b18-10-. The van der Waals surface area contributed by atoms with Gasteiger partial charge in [0.05, 0.1) is 28.7 Å². The fraction of sp³-hybridized carbons (Fsp3) is 0.286. The van der Waals surface area contributed by atoms with Crippen LogP contribution in [0.2, 0.25) is 0 Å². The van der Waals surface area contributed by atoms with Crippen LogP contribution in [-0.2, 0) is 16.0 Å². The Morgan fingerprint density at radius 1 is 1.29 bits per heavy atom. The molecule has 1 amide bonds. The number of thiazole rings is 1. The summed E-state index contributed by atoms with van der Waals surface area (Å²) in [4.78, 5) is 36.8. The number of hydrogen-bond donors (Lipinski definition) is 2. The molecule has 0 radical (unpaired) electrons. The molecule has 2 aromatic heterocycles. The number of Topliss-reactive ketones (excluding diaryl/α,β-unsaturated/α-hetero) is 1. The molecular formula is C21H22N6O2S2. The van der Waals surface area contributed by atoms with Crippen molar-refractivity contribution < 1.29 is 9.59 Å². The molecule has 0 unspecified atom stereocenters. The molecule has 10 heteroatoms. The molecule has 31 heavy (non-hydrogen) atoms. The Balaban J connectivity index is 1.39. The predicted molar refractivity (Wildman–Crippen MR) is 126 cm³/mol. The smallest absolute Gasteiger partial charge is 0.264 e. The van der Waals surface area contributed by atoms with Crippen molar-refractivity contribution in [3.63, 3.8) is 0 Å². The lowest BCUT2D eigenvalue weighted by molar-refractivity contribution is -0.118. The fourth-order valence-corrected chi connectivity index (χ4v) is 4.84. The quantitative estimate of drug-likeness (QED) is 0.506. The second-order valence-corrected chi connectivity index (χ2v) is 9.58. The Kier molecular flexibility index (Phi) is 6.59. The van der Waals surface area contributed by atoms with Crippen molar-refractivity contribution in [2.24, 2.45) is 4.99 Å². The second kappa shape index (κ2) is 9.54. The van der Waals surface area contributed by atoms with Gasteiger partial charge in [0.1, 0.15) is 10.8 Å². The van der Waals surface area contributed by atoms with Gasteiger partial charge in [0.2, 0.25) is 0 Å². The minimum atomic E-state index is -0.193. The van der Waals surface area contributed by atoms with Crippen LogP contribution in [0, 0.1) is 0 Å². The third-order valence-electron chi connectivity index (χ3n) is 4.56. The van der Waals surface area contributed by atoms with Crippen molar-refractivity contribution in [3.8, 4) is 0 Å². The highest BCUT2D eigenvalue weighted by molar-refractivity contribution is 8.18. The van der Waals surface area contributed by atoms with Crippen LogP contribution in [0.15, 0.2) is 40.5 Å². The average molecular weight is 455 g/mol. The van der Waals surface area contributed by atoms with Gasteiger partial charge in [-0.2, -0.15) is 5.10 Å². The largest absolute Gasteiger partial charge is 0.309 e. The molecule has 1 fully saturated rings. The van der Waals surface area contributed by atoms with Crippen molar-refractivity contribution in [1.82, 2.24) is 25.4 Å². The highest BCUT2D eigenvalue weighted by atomic mass is 32.2. The Morgan fingerprint density at radius 2 is 2.16 bits per heavy atom. The number of nitrogens with one attached hydrogen (secondary N) is 2. The zero-order chi connectivity index (χ0) is 21.8. The van der Waals surface area contributed by atoms with E-state index in [-0.39, 0.29) is 11.7 Å². The number of carbonyl (C=O) groups excluding carboxylic acids is 2. The van der Waals surface area contributed by atoms with E-state index in [0.717, 1.165) is 39.4 Å². The molecule has 1 aliphatic heterocycles. The maximum atomic E-state index is 12.3. The van der Waals surface area contributed by atoms with Gasteiger partial charge in [0.25, 0.3) is 5.91 Å². The van der Waals surface area contributed by atoms with Crippen molar-refractivity contribution in [2.75, 3.05) is 20.6 Å². The van der Waals surface area contributed by atoms with Gasteiger partial charge in [0, 0.05) is 22.9 Å². The number of nitrogens with zero attached hydrogens (tertiary/aromatic N) is 4. The van der Waals surface area contributed by atoms with E-state index in [9.17, 15) is 9.59 Å². The summed E-state index contributed by atoms with van der Waals surface area (Å²) in [6, 6.07) is 5.69. The molecule has 0 atom stereocenters. The van der Waals surface area contributed by atoms with Gasteiger partial charge >= 0.3 is 0 Å². The molecule has 3 aromatic rings. The van der Waals surface area contributed by atoms with E-state index in [1.54, 1.807) is 18.5 Å². The lowest BCUT2D eigenvalue weighted by Crippen LogP contribution is -2.19. The van der Waals surface area contributed by atoms with E-state index < -0.39 is 0 Å². The molecule has 8 nitrogen and oxygen atoms in total. The summed E-state index contributed by atoms with van der Waals surface area (Å²) in [5.74, 6) is -0.00637. The van der Waals surface area contributed by atoms with E-state index in [1.165, 1.54) is 23.1 Å². The highest BCUT2D eigenvalue weighted by Crippen LogP contribution is 2.30. The van der Waals surface area contributed by atoms with Crippen molar-refractivity contribution in [1.29, 1.82) is 0 Å². The number of ketones is 1.